The van der Waals surface area contributed by atoms with Gasteiger partial charge < -0.3 is 10.1 Å². The number of rotatable bonds is 4. The maximum atomic E-state index is 14.3. The summed E-state index contributed by atoms with van der Waals surface area (Å²) < 4.78 is 32.9. The Kier molecular flexibility index (Phi) is 5.11. The van der Waals surface area contributed by atoms with Crippen LogP contribution in [0.15, 0.2) is 64.8 Å². The van der Waals surface area contributed by atoms with Crippen LogP contribution in [0.5, 0.6) is 0 Å². The molecule has 0 spiro atoms. The molecule has 0 bridgehead atoms. The zero-order valence-corrected chi connectivity index (χ0v) is 14.4. The second-order valence-electron chi connectivity index (χ2n) is 6.00. The van der Waals surface area contributed by atoms with Crippen molar-refractivity contribution in [3.63, 3.8) is 0 Å². The molecule has 3 rings (SSSR count). The summed E-state index contributed by atoms with van der Waals surface area (Å²) in [6.07, 6.45) is 0. The van der Waals surface area contributed by atoms with Crippen molar-refractivity contribution in [1.82, 2.24) is 5.32 Å². The number of carbonyl (C=O) groups excluding carboxylic acids is 1. The summed E-state index contributed by atoms with van der Waals surface area (Å²) in [7, 11) is 0. The Bertz CT molecular complexity index is 892. The predicted molar refractivity (Wildman–Crippen MR) is 94.3 cm³/mol. The van der Waals surface area contributed by atoms with Gasteiger partial charge in [0.2, 0.25) is 0 Å². The fraction of sp³-hybridized carbons (Fsp3) is 0.200. The van der Waals surface area contributed by atoms with Gasteiger partial charge in [-0.1, -0.05) is 36.4 Å². The minimum Gasteiger partial charge on any atom is -0.457 e. The lowest BCUT2D eigenvalue weighted by Crippen LogP contribution is -2.35. The van der Waals surface area contributed by atoms with Crippen LogP contribution >= 0.6 is 0 Å². The molecule has 0 aromatic heterocycles. The van der Waals surface area contributed by atoms with Gasteiger partial charge in [0.1, 0.15) is 18.2 Å². The molecule has 1 atom stereocenters. The van der Waals surface area contributed by atoms with Crippen LogP contribution in [-0.4, -0.2) is 11.8 Å². The first-order valence-electron chi connectivity index (χ1n) is 8.14. The van der Waals surface area contributed by atoms with Gasteiger partial charge in [0.25, 0.3) is 0 Å². The Balaban J connectivity index is 1.89. The van der Waals surface area contributed by atoms with E-state index in [-0.39, 0.29) is 17.7 Å². The number of carbonyl (C=O) groups is 1. The molecule has 1 N–H and O–H groups in total. The number of hydrogen-bond donors (Lipinski definition) is 1. The Labute approximate surface area is 150 Å². The molecule has 0 radical (unpaired) electrons. The summed E-state index contributed by atoms with van der Waals surface area (Å²) in [5, 5.41) is 2.98. The van der Waals surface area contributed by atoms with E-state index in [1.807, 2.05) is 30.3 Å². The highest BCUT2D eigenvalue weighted by Crippen LogP contribution is 2.31. The number of benzene rings is 2. The standard InChI is InChI=1S/C20H18F2N2O2/c1-12-18(20(25)26-11-14-6-4-3-5-7-14)19(24-13(2)23-12)16-9-8-15(21)10-17(16)22/h3-10,19H,11H2,1-2H3,(H,23,24). The number of allylic oxidation sites excluding steroid dienone is 1. The summed E-state index contributed by atoms with van der Waals surface area (Å²) in [6, 6.07) is 11.7. The van der Waals surface area contributed by atoms with Crippen molar-refractivity contribution < 1.29 is 18.3 Å². The topological polar surface area (TPSA) is 50.7 Å². The maximum Gasteiger partial charge on any atom is 0.338 e. The van der Waals surface area contributed by atoms with Crippen molar-refractivity contribution in [2.45, 2.75) is 26.5 Å². The van der Waals surface area contributed by atoms with E-state index in [1.165, 1.54) is 6.07 Å². The molecule has 134 valence electrons. The van der Waals surface area contributed by atoms with Crippen LogP contribution in [0.4, 0.5) is 8.78 Å². The van der Waals surface area contributed by atoms with Gasteiger partial charge in [-0.2, -0.15) is 0 Å². The minimum absolute atomic E-state index is 0.0950. The van der Waals surface area contributed by atoms with Gasteiger partial charge in [0, 0.05) is 11.6 Å². The predicted octanol–water partition coefficient (Wildman–Crippen LogP) is 4.04. The number of aliphatic imine (C=N–C) groups is 1. The van der Waals surface area contributed by atoms with Crippen molar-refractivity contribution >= 4 is 11.8 Å². The van der Waals surface area contributed by atoms with Gasteiger partial charge >= 0.3 is 5.97 Å². The van der Waals surface area contributed by atoms with Crippen LogP contribution in [0.2, 0.25) is 0 Å². The minimum atomic E-state index is -0.795. The Morgan fingerprint density at radius 1 is 1.15 bits per heavy atom. The summed E-state index contributed by atoms with van der Waals surface area (Å²) >= 11 is 0. The van der Waals surface area contributed by atoms with Crippen LogP contribution in [0.25, 0.3) is 0 Å². The number of amidine groups is 1. The third kappa shape index (κ3) is 3.79. The van der Waals surface area contributed by atoms with E-state index in [0.717, 1.165) is 17.7 Å². The van der Waals surface area contributed by atoms with Gasteiger partial charge in [0.15, 0.2) is 0 Å². The largest absolute Gasteiger partial charge is 0.457 e. The van der Waals surface area contributed by atoms with Crippen molar-refractivity contribution in [3.05, 3.63) is 82.6 Å². The van der Waals surface area contributed by atoms with E-state index >= 15 is 0 Å². The quantitative estimate of drug-likeness (QED) is 0.841. The average molecular weight is 356 g/mol. The van der Waals surface area contributed by atoms with E-state index < -0.39 is 23.6 Å². The molecule has 2 aromatic rings. The Morgan fingerprint density at radius 3 is 2.58 bits per heavy atom. The first-order chi connectivity index (χ1) is 12.5. The molecule has 2 aromatic carbocycles. The van der Waals surface area contributed by atoms with Crippen LogP contribution in [0, 0.1) is 11.6 Å². The number of hydrogen-bond acceptors (Lipinski definition) is 4. The zero-order chi connectivity index (χ0) is 18.7. The summed E-state index contributed by atoms with van der Waals surface area (Å²) in [4.78, 5) is 16.9. The lowest BCUT2D eigenvalue weighted by molar-refractivity contribution is -0.140. The smallest absolute Gasteiger partial charge is 0.338 e. The van der Waals surface area contributed by atoms with E-state index in [2.05, 4.69) is 10.3 Å². The van der Waals surface area contributed by atoms with Crippen LogP contribution in [0.3, 0.4) is 0 Å². The monoisotopic (exact) mass is 356 g/mol. The number of nitrogens with one attached hydrogen (secondary N) is 1. The third-order valence-electron chi connectivity index (χ3n) is 4.07. The van der Waals surface area contributed by atoms with Crippen molar-refractivity contribution in [2.75, 3.05) is 0 Å². The lowest BCUT2D eigenvalue weighted by Gasteiger charge is -2.27. The van der Waals surface area contributed by atoms with Crippen LogP contribution in [-0.2, 0) is 16.1 Å². The fourth-order valence-electron chi connectivity index (χ4n) is 2.87. The van der Waals surface area contributed by atoms with E-state index in [4.69, 9.17) is 4.74 Å². The normalized spacial score (nSPS) is 16.8. The summed E-state index contributed by atoms with van der Waals surface area (Å²) in [6.45, 7) is 3.47. The number of nitrogens with zero attached hydrogens (tertiary/aromatic N) is 1. The fourth-order valence-corrected chi connectivity index (χ4v) is 2.87. The van der Waals surface area contributed by atoms with Gasteiger partial charge in [-0.05, 0) is 25.5 Å². The van der Waals surface area contributed by atoms with E-state index in [9.17, 15) is 13.6 Å². The van der Waals surface area contributed by atoms with Crippen LogP contribution in [0.1, 0.15) is 31.0 Å². The first-order valence-corrected chi connectivity index (χ1v) is 8.14. The van der Waals surface area contributed by atoms with Crippen molar-refractivity contribution in [3.8, 4) is 0 Å². The second kappa shape index (κ2) is 7.47. The second-order valence-corrected chi connectivity index (χ2v) is 6.00. The third-order valence-corrected chi connectivity index (χ3v) is 4.07. The Morgan fingerprint density at radius 2 is 1.88 bits per heavy atom. The maximum absolute atomic E-state index is 14.3. The van der Waals surface area contributed by atoms with Crippen molar-refractivity contribution in [1.29, 1.82) is 0 Å². The number of ether oxygens (including phenoxy) is 1. The highest BCUT2D eigenvalue weighted by atomic mass is 19.1. The molecule has 1 aliphatic heterocycles. The molecule has 0 saturated heterocycles. The van der Waals surface area contributed by atoms with Crippen LogP contribution < -0.4 is 5.32 Å². The molecule has 4 nitrogen and oxygen atoms in total. The van der Waals surface area contributed by atoms with E-state index in [1.54, 1.807) is 13.8 Å². The lowest BCUT2D eigenvalue weighted by atomic mass is 9.95. The summed E-state index contributed by atoms with van der Waals surface area (Å²) in [5.74, 6) is -1.47. The highest BCUT2D eigenvalue weighted by Gasteiger charge is 2.31. The molecule has 0 amide bonds. The van der Waals surface area contributed by atoms with Crippen molar-refractivity contribution in [2.24, 2.45) is 4.99 Å². The zero-order valence-electron chi connectivity index (χ0n) is 14.4. The molecular weight excluding hydrogens is 338 g/mol. The van der Waals surface area contributed by atoms with Gasteiger partial charge in [-0.15, -0.1) is 0 Å². The molecule has 0 saturated carbocycles. The number of halogens is 2. The average Bonchev–Trinajstić information content (AvgIpc) is 2.60. The molecule has 0 aliphatic carbocycles. The first kappa shape index (κ1) is 17.8. The molecule has 1 heterocycles. The molecular formula is C20H18F2N2O2. The number of esters is 1. The molecule has 1 aliphatic rings. The summed E-state index contributed by atoms with van der Waals surface area (Å²) in [5.41, 5.74) is 1.64. The SMILES string of the molecule is CC1=NC(C)=C(C(=O)OCc2ccccc2)C(c2ccc(F)cc2F)N1. The molecule has 0 fully saturated rings. The van der Waals surface area contributed by atoms with Gasteiger partial charge in [-0.3, -0.25) is 0 Å². The Hall–Kier alpha value is -3.02. The molecule has 6 heteroatoms. The van der Waals surface area contributed by atoms with E-state index in [0.29, 0.717) is 11.5 Å². The van der Waals surface area contributed by atoms with Gasteiger partial charge in [0.05, 0.1) is 23.1 Å². The molecule has 26 heavy (non-hydrogen) atoms. The highest BCUT2D eigenvalue weighted by molar-refractivity contribution is 5.95. The molecule has 1 unspecified atom stereocenters. The van der Waals surface area contributed by atoms with Gasteiger partial charge in [-0.25, -0.2) is 18.6 Å².